The number of nitrogens with one attached hydrogen (secondary N) is 2. The minimum Gasteiger partial charge on any atom is -0.351 e. The van der Waals surface area contributed by atoms with Crippen LogP contribution in [-0.4, -0.2) is 18.5 Å². The van der Waals surface area contributed by atoms with Gasteiger partial charge in [-0.3, -0.25) is 4.79 Å². The van der Waals surface area contributed by atoms with Crippen LogP contribution in [0.15, 0.2) is 28.7 Å². The maximum absolute atomic E-state index is 11.5. The van der Waals surface area contributed by atoms with Gasteiger partial charge in [-0.05, 0) is 24.6 Å². The van der Waals surface area contributed by atoms with E-state index in [-0.39, 0.29) is 24.4 Å². The van der Waals surface area contributed by atoms with Crippen molar-refractivity contribution in [2.24, 2.45) is 0 Å². The maximum atomic E-state index is 11.5. The minimum atomic E-state index is 0. The van der Waals surface area contributed by atoms with E-state index in [2.05, 4.69) is 26.6 Å². The van der Waals surface area contributed by atoms with Crippen molar-refractivity contribution in [1.29, 1.82) is 0 Å². The monoisotopic (exact) mass is 304 g/mol. The Morgan fingerprint density at radius 3 is 2.75 bits per heavy atom. The lowest BCUT2D eigenvalue weighted by molar-refractivity contribution is -0.124. The van der Waals surface area contributed by atoms with Gasteiger partial charge in [0, 0.05) is 11.0 Å². The number of hydrogen-bond donors (Lipinski definition) is 2. The van der Waals surface area contributed by atoms with Crippen molar-refractivity contribution in [2.75, 3.05) is 6.54 Å². The van der Waals surface area contributed by atoms with Gasteiger partial charge in [0.1, 0.15) is 0 Å². The summed E-state index contributed by atoms with van der Waals surface area (Å²) in [4.78, 5) is 11.5. The molecule has 1 amide bonds. The Morgan fingerprint density at radius 2 is 2.19 bits per heavy atom. The van der Waals surface area contributed by atoms with Gasteiger partial charge >= 0.3 is 0 Å². The van der Waals surface area contributed by atoms with Crippen LogP contribution in [0.3, 0.4) is 0 Å². The summed E-state index contributed by atoms with van der Waals surface area (Å²) in [6.45, 7) is 1.53. The van der Waals surface area contributed by atoms with Crippen molar-refractivity contribution >= 4 is 34.2 Å². The van der Waals surface area contributed by atoms with E-state index in [9.17, 15) is 4.79 Å². The van der Waals surface area contributed by atoms with Crippen molar-refractivity contribution < 1.29 is 4.79 Å². The van der Waals surface area contributed by atoms with Crippen molar-refractivity contribution in [3.8, 4) is 0 Å². The molecular weight excluding hydrogens is 291 g/mol. The van der Waals surface area contributed by atoms with E-state index in [0.29, 0.717) is 6.54 Å². The first-order chi connectivity index (χ1) is 7.27. The number of rotatable bonds is 3. The lowest BCUT2D eigenvalue weighted by atomic mass is 10.1. The quantitative estimate of drug-likeness (QED) is 0.895. The van der Waals surface area contributed by atoms with Crippen LogP contribution in [0, 0.1) is 0 Å². The molecule has 16 heavy (non-hydrogen) atoms. The van der Waals surface area contributed by atoms with E-state index >= 15 is 0 Å². The van der Waals surface area contributed by atoms with Gasteiger partial charge in [-0.1, -0.05) is 34.1 Å². The molecule has 88 valence electrons. The van der Waals surface area contributed by atoms with E-state index < -0.39 is 0 Å². The fraction of sp³-hybridized carbons (Fsp3) is 0.364. The summed E-state index contributed by atoms with van der Waals surface area (Å²) >= 11 is 3.45. The van der Waals surface area contributed by atoms with Crippen molar-refractivity contribution in [3.63, 3.8) is 0 Å². The van der Waals surface area contributed by atoms with Gasteiger partial charge in [-0.25, -0.2) is 0 Å². The van der Waals surface area contributed by atoms with Gasteiger partial charge in [0.15, 0.2) is 0 Å². The Hall–Kier alpha value is -0.580. The van der Waals surface area contributed by atoms with Crippen LogP contribution in [0.5, 0.6) is 0 Å². The molecule has 0 aromatic heterocycles. The smallest absolute Gasteiger partial charge is 0.237 e. The Labute approximate surface area is 110 Å². The largest absolute Gasteiger partial charge is 0.351 e. The molecule has 0 saturated carbocycles. The van der Waals surface area contributed by atoms with E-state index in [1.807, 2.05) is 24.3 Å². The van der Waals surface area contributed by atoms with Crippen LogP contribution in [0.4, 0.5) is 0 Å². The zero-order valence-corrected chi connectivity index (χ0v) is 11.1. The summed E-state index contributed by atoms with van der Waals surface area (Å²) in [5.41, 5.74) is 1.10. The van der Waals surface area contributed by atoms with Gasteiger partial charge in [-0.15, -0.1) is 12.4 Å². The van der Waals surface area contributed by atoms with Crippen LogP contribution < -0.4 is 10.6 Å². The maximum Gasteiger partial charge on any atom is 0.237 e. The molecule has 3 nitrogen and oxygen atoms in total. The van der Waals surface area contributed by atoms with Crippen molar-refractivity contribution in [3.05, 3.63) is 34.3 Å². The Kier molecular flexibility index (Phi) is 5.25. The van der Waals surface area contributed by atoms with E-state index in [1.165, 1.54) is 0 Å². The number of halogens is 2. The van der Waals surface area contributed by atoms with Gasteiger partial charge in [0.2, 0.25) is 5.91 Å². The molecule has 5 heteroatoms. The second-order valence-corrected chi connectivity index (χ2v) is 4.46. The number of carbonyl (C=O) groups excluding carboxylic acids is 1. The minimum absolute atomic E-state index is 0. The molecule has 0 aliphatic carbocycles. The first kappa shape index (κ1) is 13.5. The highest BCUT2D eigenvalue weighted by atomic mass is 79.9. The molecule has 2 rings (SSSR count). The molecule has 1 aromatic rings. The molecular formula is C11H14BrClN2O. The lowest BCUT2D eigenvalue weighted by Gasteiger charge is -2.26. The SMILES string of the molecule is Cl.O=C(NCc1ccccc1Br)[C@H]1CCN1. The van der Waals surface area contributed by atoms with Crippen molar-refractivity contribution in [1.82, 2.24) is 10.6 Å². The van der Waals surface area contributed by atoms with Gasteiger partial charge in [0.25, 0.3) is 0 Å². The third-order valence-electron chi connectivity index (χ3n) is 2.55. The highest BCUT2D eigenvalue weighted by Gasteiger charge is 2.23. The normalized spacial score (nSPS) is 18.2. The summed E-state index contributed by atoms with van der Waals surface area (Å²) in [5, 5.41) is 5.98. The highest BCUT2D eigenvalue weighted by Crippen LogP contribution is 2.15. The van der Waals surface area contributed by atoms with Crippen molar-refractivity contribution in [2.45, 2.75) is 19.0 Å². The predicted molar refractivity (Wildman–Crippen MR) is 69.6 cm³/mol. The molecule has 1 fully saturated rings. The first-order valence-corrected chi connectivity index (χ1v) is 5.81. The number of carbonyl (C=O) groups is 1. The number of benzene rings is 1. The third kappa shape index (κ3) is 3.20. The summed E-state index contributed by atoms with van der Waals surface area (Å²) in [5.74, 6) is 0.0944. The molecule has 0 bridgehead atoms. The Bertz CT molecular complexity index is 369. The number of hydrogen-bond acceptors (Lipinski definition) is 2. The van der Waals surface area contributed by atoms with Gasteiger partial charge in [-0.2, -0.15) is 0 Å². The average Bonchev–Trinajstić information content (AvgIpc) is 2.14. The zero-order chi connectivity index (χ0) is 10.7. The molecule has 0 spiro atoms. The molecule has 1 atom stereocenters. The Morgan fingerprint density at radius 1 is 1.50 bits per heavy atom. The Balaban J connectivity index is 0.00000128. The highest BCUT2D eigenvalue weighted by molar-refractivity contribution is 9.10. The van der Waals surface area contributed by atoms with E-state index in [4.69, 9.17) is 0 Å². The van der Waals surface area contributed by atoms with Crippen LogP contribution in [0.2, 0.25) is 0 Å². The molecule has 1 aromatic carbocycles. The molecule has 0 unspecified atom stereocenters. The van der Waals surface area contributed by atoms with E-state index in [1.54, 1.807) is 0 Å². The zero-order valence-electron chi connectivity index (χ0n) is 8.70. The third-order valence-corrected chi connectivity index (χ3v) is 3.32. The fourth-order valence-electron chi connectivity index (χ4n) is 1.46. The predicted octanol–water partition coefficient (Wildman–Crippen LogP) is 1.85. The molecule has 0 radical (unpaired) electrons. The summed E-state index contributed by atoms with van der Waals surface area (Å²) in [6.07, 6.45) is 0.946. The molecule has 2 N–H and O–H groups in total. The van der Waals surface area contributed by atoms with E-state index in [0.717, 1.165) is 23.0 Å². The topological polar surface area (TPSA) is 41.1 Å². The van der Waals surface area contributed by atoms with Gasteiger partial charge < -0.3 is 10.6 Å². The second-order valence-electron chi connectivity index (χ2n) is 3.60. The lowest BCUT2D eigenvalue weighted by Crippen LogP contribution is -2.52. The van der Waals surface area contributed by atoms with Crippen LogP contribution in [-0.2, 0) is 11.3 Å². The van der Waals surface area contributed by atoms with Crippen LogP contribution in [0.1, 0.15) is 12.0 Å². The van der Waals surface area contributed by atoms with Crippen LogP contribution in [0.25, 0.3) is 0 Å². The summed E-state index contributed by atoms with van der Waals surface area (Å²) in [7, 11) is 0. The molecule has 1 heterocycles. The fourth-order valence-corrected chi connectivity index (χ4v) is 1.88. The molecule has 1 aliphatic rings. The van der Waals surface area contributed by atoms with Gasteiger partial charge in [0.05, 0.1) is 6.04 Å². The first-order valence-electron chi connectivity index (χ1n) is 5.02. The molecule has 1 saturated heterocycles. The standard InChI is InChI=1S/C11H13BrN2O.ClH/c12-9-4-2-1-3-8(9)7-14-11(15)10-5-6-13-10;/h1-4,10,13H,5-7H2,(H,14,15);1H/t10-;/m1./s1. The number of amides is 1. The molecule has 1 aliphatic heterocycles. The average molecular weight is 306 g/mol. The summed E-state index contributed by atoms with van der Waals surface area (Å²) in [6, 6.07) is 7.92. The second kappa shape index (κ2) is 6.23. The van der Waals surface area contributed by atoms with Crippen LogP contribution >= 0.6 is 28.3 Å². The summed E-state index contributed by atoms with van der Waals surface area (Å²) < 4.78 is 1.03.